The number of fused-ring (bicyclic) bond motifs is 1. The molecule has 2 amide bonds. The predicted molar refractivity (Wildman–Crippen MR) is 148 cm³/mol. The fraction of sp³-hybridized carbons (Fsp3) is 0.500. The lowest BCUT2D eigenvalue weighted by Crippen LogP contribution is -2.55. The zero-order chi connectivity index (χ0) is 25.8. The maximum absolute atomic E-state index is 14.0. The summed E-state index contributed by atoms with van der Waals surface area (Å²) in [5.41, 5.74) is 3.09. The number of ether oxygens (including phenoxy) is 1. The number of carbonyl (C=O) groups excluding carboxylic acids is 2. The minimum Gasteiger partial charge on any atom is -0.496 e. The highest BCUT2D eigenvalue weighted by Crippen LogP contribution is 2.36. The Balaban J connectivity index is 1.38. The Morgan fingerprint density at radius 3 is 2.62 bits per heavy atom. The number of allylic oxidation sites excluding steroid dienone is 1. The maximum atomic E-state index is 14.0. The lowest BCUT2D eigenvalue weighted by molar-refractivity contribution is -0.138. The van der Waals surface area contributed by atoms with Crippen molar-refractivity contribution in [1.82, 2.24) is 15.5 Å². The van der Waals surface area contributed by atoms with E-state index in [1.807, 2.05) is 23.1 Å². The van der Waals surface area contributed by atoms with Crippen molar-refractivity contribution in [2.45, 2.75) is 63.5 Å². The van der Waals surface area contributed by atoms with Crippen LogP contribution in [0.3, 0.4) is 0 Å². The minimum absolute atomic E-state index is 0.0157. The van der Waals surface area contributed by atoms with Gasteiger partial charge >= 0.3 is 0 Å². The number of aliphatic imine (C=N–C) groups is 1. The molecule has 3 aliphatic rings. The molecule has 37 heavy (non-hydrogen) atoms. The van der Waals surface area contributed by atoms with Crippen LogP contribution in [0.15, 0.2) is 47.5 Å². The molecule has 0 unspecified atom stereocenters. The molecule has 2 atom stereocenters. The number of nitrogens with zero attached hydrogens (tertiary/aromatic N) is 2. The summed E-state index contributed by atoms with van der Waals surface area (Å²) < 4.78 is 5.57. The summed E-state index contributed by atoms with van der Waals surface area (Å²) in [5, 5.41) is 8.17. The monoisotopic (exact) mass is 502 g/mol. The van der Waals surface area contributed by atoms with E-state index < -0.39 is 6.04 Å². The van der Waals surface area contributed by atoms with E-state index in [4.69, 9.17) is 9.73 Å². The molecule has 0 spiro atoms. The summed E-state index contributed by atoms with van der Waals surface area (Å²) in [4.78, 5) is 33.6. The van der Waals surface area contributed by atoms with E-state index in [0.717, 1.165) is 78.4 Å². The molecule has 2 N–H and O–H groups in total. The third-order valence-corrected chi connectivity index (χ3v) is 8.11. The minimum atomic E-state index is -0.457. The van der Waals surface area contributed by atoms with E-state index >= 15 is 0 Å². The largest absolute Gasteiger partial charge is 0.496 e. The molecule has 2 heterocycles. The molecule has 2 aromatic rings. The fourth-order valence-corrected chi connectivity index (χ4v) is 6.30. The first-order valence-electron chi connectivity index (χ1n) is 13.7. The number of likely N-dealkylation sites (tertiary alicyclic amines) is 1. The van der Waals surface area contributed by atoms with Gasteiger partial charge < -0.3 is 20.3 Å². The molecule has 7 nitrogen and oxygen atoms in total. The molecular formula is C30H38N4O3. The molecule has 1 aliphatic carbocycles. The van der Waals surface area contributed by atoms with E-state index in [-0.39, 0.29) is 30.3 Å². The Labute approximate surface area is 219 Å². The molecule has 5 rings (SSSR count). The SMILES string of the molecule is CNCC(=O)N[C@H](C(=O)N1CCC[C@H]1C1=NC(c2cccc3c(OC)cccc23)=CC1)C1CCCCC1. The normalized spacial score (nSPS) is 21.0. The van der Waals surface area contributed by atoms with E-state index in [2.05, 4.69) is 34.9 Å². The van der Waals surface area contributed by atoms with Crippen LogP contribution in [0.4, 0.5) is 0 Å². The number of amides is 2. The Morgan fingerprint density at radius 2 is 1.84 bits per heavy atom. The first kappa shape index (κ1) is 25.5. The highest BCUT2D eigenvalue weighted by atomic mass is 16.5. The molecule has 7 heteroatoms. The van der Waals surface area contributed by atoms with Gasteiger partial charge in [0, 0.05) is 29.6 Å². The van der Waals surface area contributed by atoms with E-state index in [1.54, 1.807) is 14.2 Å². The Hall–Kier alpha value is -3.19. The zero-order valence-corrected chi connectivity index (χ0v) is 22.0. The Bertz CT molecular complexity index is 1210. The zero-order valence-electron chi connectivity index (χ0n) is 22.0. The standard InChI is InChI=1S/C30H38N4O3/c1-31-19-28(35)33-29(20-9-4-3-5-10-20)30(36)34-18-8-14-26(34)25-17-16-24(32-25)22-12-6-13-23-21(22)11-7-15-27(23)37-2/h6-7,11-13,15-16,20,26,29,31H,3-5,8-10,14,17-19H2,1-2H3,(H,33,35)/t26-,29-/m0/s1. The maximum Gasteiger partial charge on any atom is 0.245 e. The third kappa shape index (κ3) is 5.28. The molecule has 1 saturated carbocycles. The number of likely N-dealkylation sites (N-methyl/N-ethyl adjacent to an activating group) is 1. The van der Waals surface area contributed by atoms with Crippen molar-refractivity contribution >= 4 is 34.0 Å². The van der Waals surface area contributed by atoms with Crippen LogP contribution in [-0.4, -0.2) is 61.8 Å². The second kappa shape index (κ2) is 11.5. The van der Waals surface area contributed by atoms with Crippen molar-refractivity contribution in [3.05, 3.63) is 48.0 Å². The quantitative estimate of drug-likeness (QED) is 0.564. The van der Waals surface area contributed by atoms with Gasteiger partial charge in [0.05, 0.1) is 25.4 Å². The van der Waals surface area contributed by atoms with Crippen LogP contribution in [-0.2, 0) is 9.59 Å². The number of carbonyl (C=O) groups is 2. The average Bonchev–Trinajstić information content (AvgIpc) is 3.61. The Morgan fingerprint density at radius 1 is 1.05 bits per heavy atom. The van der Waals surface area contributed by atoms with Gasteiger partial charge in [0.1, 0.15) is 11.8 Å². The first-order chi connectivity index (χ1) is 18.1. The molecular weight excluding hydrogens is 464 g/mol. The van der Waals surface area contributed by atoms with Crippen LogP contribution in [0.25, 0.3) is 16.5 Å². The van der Waals surface area contributed by atoms with Gasteiger partial charge in [0.15, 0.2) is 0 Å². The summed E-state index contributed by atoms with van der Waals surface area (Å²) in [5.74, 6) is 0.998. The molecule has 0 bridgehead atoms. The molecule has 196 valence electrons. The Kier molecular flexibility index (Phi) is 7.89. The second-order valence-corrected chi connectivity index (χ2v) is 10.4. The topological polar surface area (TPSA) is 83.0 Å². The molecule has 0 radical (unpaired) electrons. The summed E-state index contributed by atoms with van der Waals surface area (Å²) in [7, 11) is 3.45. The summed E-state index contributed by atoms with van der Waals surface area (Å²) in [6, 6.07) is 11.8. The lowest BCUT2D eigenvalue weighted by Gasteiger charge is -2.35. The highest BCUT2D eigenvalue weighted by Gasteiger charge is 2.40. The molecule has 2 aromatic carbocycles. The molecule has 2 aliphatic heterocycles. The van der Waals surface area contributed by atoms with E-state index in [9.17, 15) is 9.59 Å². The number of nitrogens with one attached hydrogen (secondary N) is 2. The van der Waals surface area contributed by atoms with E-state index in [1.165, 1.54) is 6.42 Å². The summed E-state index contributed by atoms with van der Waals surface area (Å²) >= 11 is 0. The van der Waals surface area contributed by atoms with Crippen molar-refractivity contribution in [2.75, 3.05) is 27.2 Å². The van der Waals surface area contributed by atoms with Crippen LogP contribution >= 0.6 is 0 Å². The third-order valence-electron chi connectivity index (χ3n) is 8.11. The highest BCUT2D eigenvalue weighted by molar-refractivity contribution is 6.05. The van der Waals surface area contributed by atoms with Crippen molar-refractivity contribution in [3.63, 3.8) is 0 Å². The van der Waals surface area contributed by atoms with Crippen molar-refractivity contribution in [1.29, 1.82) is 0 Å². The number of rotatable bonds is 8. The van der Waals surface area contributed by atoms with Gasteiger partial charge in [0.2, 0.25) is 11.8 Å². The van der Waals surface area contributed by atoms with Crippen LogP contribution in [0.5, 0.6) is 5.75 Å². The van der Waals surface area contributed by atoms with Gasteiger partial charge in [-0.1, -0.05) is 55.7 Å². The van der Waals surface area contributed by atoms with Gasteiger partial charge in [-0.3, -0.25) is 14.6 Å². The number of hydrogen-bond donors (Lipinski definition) is 2. The van der Waals surface area contributed by atoms with Crippen molar-refractivity contribution in [2.24, 2.45) is 10.9 Å². The second-order valence-electron chi connectivity index (χ2n) is 10.4. The van der Waals surface area contributed by atoms with E-state index in [0.29, 0.717) is 6.54 Å². The van der Waals surface area contributed by atoms with Crippen molar-refractivity contribution < 1.29 is 14.3 Å². The van der Waals surface area contributed by atoms with Crippen LogP contribution in [0.1, 0.15) is 56.9 Å². The van der Waals surface area contributed by atoms with Crippen molar-refractivity contribution in [3.8, 4) is 5.75 Å². The van der Waals surface area contributed by atoms with Crippen LogP contribution in [0.2, 0.25) is 0 Å². The summed E-state index contributed by atoms with van der Waals surface area (Å²) in [6.07, 6.45) is 10.2. The van der Waals surface area contributed by atoms with Gasteiger partial charge in [-0.25, -0.2) is 0 Å². The van der Waals surface area contributed by atoms with Gasteiger partial charge in [0.25, 0.3) is 0 Å². The van der Waals surface area contributed by atoms with Gasteiger partial charge in [-0.2, -0.15) is 0 Å². The predicted octanol–water partition coefficient (Wildman–Crippen LogP) is 4.31. The number of hydrogen-bond acceptors (Lipinski definition) is 5. The van der Waals surface area contributed by atoms with Crippen LogP contribution in [0, 0.1) is 5.92 Å². The fourth-order valence-electron chi connectivity index (χ4n) is 6.30. The molecule has 1 saturated heterocycles. The number of methoxy groups -OCH3 is 1. The lowest BCUT2D eigenvalue weighted by atomic mass is 9.83. The smallest absolute Gasteiger partial charge is 0.245 e. The first-order valence-corrected chi connectivity index (χ1v) is 13.7. The number of benzene rings is 2. The molecule has 2 fully saturated rings. The van der Waals surface area contributed by atoms with Gasteiger partial charge in [-0.05, 0) is 50.1 Å². The van der Waals surface area contributed by atoms with Crippen LogP contribution < -0.4 is 15.4 Å². The van der Waals surface area contributed by atoms with Gasteiger partial charge in [-0.15, -0.1) is 0 Å². The molecule has 0 aromatic heterocycles. The summed E-state index contributed by atoms with van der Waals surface area (Å²) in [6.45, 7) is 0.935. The average molecular weight is 503 g/mol.